The number of ether oxygens (including phenoxy) is 1. The highest BCUT2D eigenvalue weighted by molar-refractivity contribution is 5.65. The first-order valence-electron chi connectivity index (χ1n) is 9.49. The van der Waals surface area contributed by atoms with Crippen LogP contribution in [0.15, 0.2) is 42.9 Å². The number of benzene rings is 1. The quantitative estimate of drug-likeness (QED) is 0.709. The van der Waals surface area contributed by atoms with Crippen LogP contribution in [0.3, 0.4) is 0 Å². The Bertz CT molecular complexity index is 966. The molecule has 1 N–H and O–H groups in total. The molecule has 1 aliphatic heterocycles. The van der Waals surface area contributed by atoms with Gasteiger partial charge in [-0.3, -0.25) is 4.98 Å². The summed E-state index contributed by atoms with van der Waals surface area (Å²) in [6, 6.07) is 9.81. The Morgan fingerprint density at radius 3 is 2.69 bits per heavy atom. The van der Waals surface area contributed by atoms with Crippen molar-refractivity contribution in [2.24, 2.45) is 0 Å². The van der Waals surface area contributed by atoms with Gasteiger partial charge in [0, 0.05) is 19.3 Å². The molecule has 4 rings (SSSR count). The van der Waals surface area contributed by atoms with E-state index in [4.69, 9.17) is 9.84 Å². The summed E-state index contributed by atoms with van der Waals surface area (Å²) in [6.07, 6.45) is 4.25. The Balaban J connectivity index is 1.34. The predicted molar refractivity (Wildman–Crippen MR) is 104 cm³/mol. The van der Waals surface area contributed by atoms with Crippen LogP contribution >= 0.6 is 0 Å². The smallest absolute Gasteiger partial charge is 0.407 e. The number of tetrazole rings is 1. The van der Waals surface area contributed by atoms with E-state index in [1.54, 1.807) is 11.0 Å². The van der Waals surface area contributed by atoms with Crippen LogP contribution in [-0.4, -0.2) is 54.4 Å². The lowest BCUT2D eigenvalue weighted by Crippen LogP contribution is -2.36. The van der Waals surface area contributed by atoms with Gasteiger partial charge in [-0.15, -0.1) is 5.10 Å². The summed E-state index contributed by atoms with van der Waals surface area (Å²) in [7, 11) is 0. The van der Waals surface area contributed by atoms with Crippen molar-refractivity contribution >= 4 is 6.09 Å². The maximum absolute atomic E-state index is 11.0. The van der Waals surface area contributed by atoms with E-state index in [0.29, 0.717) is 25.6 Å². The topological polar surface area (TPSA) is 106 Å². The van der Waals surface area contributed by atoms with Crippen molar-refractivity contribution < 1.29 is 14.6 Å². The lowest BCUT2D eigenvalue weighted by atomic mass is 9.90. The van der Waals surface area contributed by atoms with Gasteiger partial charge in [-0.1, -0.05) is 6.07 Å². The van der Waals surface area contributed by atoms with Crippen LogP contribution in [0.2, 0.25) is 0 Å². The van der Waals surface area contributed by atoms with Crippen molar-refractivity contribution in [1.82, 2.24) is 30.1 Å². The highest BCUT2D eigenvalue weighted by Gasteiger charge is 2.23. The molecule has 29 heavy (non-hydrogen) atoms. The van der Waals surface area contributed by atoms with E-state index in [2.05, 4.69) is 26.6 Å². The molecular formula is C20H22N6O3. The summed E-state index contributed by atoms with van der Waals surface area (Å²) in [5.74, 6) is 1.14. The van der Waals surface area contributed by atoms with Crippen molar-refractivity contribution in [1.29, 1.82) is 0 Å². The third-order valence-electron chi connectivity index (χ3n) is 5.23. The van der Waals surface area contributed by atoms with Gasteiger partial charge in [0.2, 0.25) is 0 Å². The Labute approximate surface area is 167 Å². The number of likely N-dealkylation sites (tertiary alicyclic amines) is 1. The molecule has 1 amide bonds. The third kappa shape index (κ3) is 4.34. The van der Waals surface area contributed by atoms with Crippen LogP contribution in [0, 0.1) is 6.92 Å². The summed E-state index contributed by atoms with van der Waals surface area (Å²) in [5, 5.41) is 20.2. The molecule has 0 atom stereocenters. The molecule has 1 aliphatic rings. The van der Waals surface area contributed by atoms with Crippen molar-refractivity contribution in [2.45, 2.75) is 32.3 Å². The van der Waals surface area contributed by atoms with E-state index < -0.39 is 6.09 Å². The first kappa shape index (κ1) is 18.9. The van der Waals surface area contributed by atoms with Crippen molar-refractivity contribution in [3.63, 3.8) is 0 Å². The second-order valence-electron chi connectivity index (χ2n) is 7.12. The monoisotopic (exact) mass is 394 g/mol. The number of carboxylic acid groups (broad SMARTS) is 1. The number of nitrogens with zero attached hydrogens (tertiary/aromatic N) is 6. The van der Waals surface area contributed by atoms with Crippen molar-refractivity contribution in [2.75, 3.05) is 13.1 Å². The average molecular weight is 394 g/mol. The fourth-order valence-electron chi connectivity index (χ4n) is 3.54. The van der Waals surface area contributed by atoms with Crippen molar-refractivity contribution in [3.05, 3.63) is 59.7 Å². The maximum Gasteiger partial charge on any atom is 0.407 e. The van der Waals surface area contributed by atoms with Crippen LogP contribution < -0.4 is 4.74 Å². The minimum atomic E-state index is -0.838. The normalized spacial score (nSPS) is 14.7. The number of amides is 1. The molecule has 0 bridgehead atoms. The molecule has 0 radical (unpaired) electrons. The van der Waals surface area contributed by atoms with E-state index in [9.17, 15) is 4.79 Å². The fraction of sp³-hybridized carbons (Fsp3) is 0.350. The molecule has 1 saturated heterocycles. The van der Waals surface area contributed by atoms with Crippen molar-refractivity contribution in [3.8, 4) is 11.4 Å². The SMILES string of the molecule is Cc1cc(-n2cnnn2)ccc1OCc1ccc(C2CCN(C(=O)O)CC2)cn1. The summed E-state index contributed by atoms with van der Waals surface area (Å²) in [6.45, 7) is 3.50. The summed E-state index contributed by atoms with van der Waals surface area (Å²) >= 11 is 0. The zero-order valence-electron chi connectivity index (χ0n) is 16.1. The number of pyridine rings is 1. The molecule has 2 aromatic heterocycles. The van der Waals surface area contributed by atoms with E-state index >= 15 is 0 Å². The van der Waals surface area contributed by atoms with Gasteiger partial charge < -0.3 is 14.7 Å². The number of hydrogen-bond donors (Lipinski definition) is 1. The predicted octanol–water partition coefficient (Wildman–Crippen LogP) is 2.80. The first-order valence-corrected chi connectivity index (χ1v) is 9.49. The summed E-state index contributed by atoms with van der Waals surface area (Å²) in [5.41, 5.74) is 3.86. The van der Waals surface area contributed by atoms with Gasteiger partial charge in [0.1, 0.15) is 18.7 Å². The van der Waals surface area contributed by atoms with E-state index in [-0.39, 0.29) is 0 Å². The van der Waals surface area contributed by atoms with Crippen LogP contribution in [0.5, 0.6) is 5.75 Å². The molecule has 3 aromatic rings. The van der Waals surface area contributed by atoms with Crippen LogP contribution in [0.25, 0.3) is 5.69 Å². The third-order valence-corrected chi connectivity index (χ3v) is 5.23. The largest absolute Gasteiger partial charge is 0.487 e. The van der Waals surface area contributed by atoms with E-state index in [1.165, 1.54) is 4.90 Å². The lowest BCUT2D eigenvalue weighted by Gasteiger charge is -2.30. The minimum Gasteiger partial charge on any atom is -0.487 e. The number of aryl methyl sites for hydroxylation is 1. The zero-order valence-corrected chi connectivity index (χ0v) is 16.1. The lowest BCUT2D eigenvalue weighted by molar-refractivity contribution is 0.132. The molecule has 3 heterocycles. The van der Waals surface area contributed by atoms with Gasteiger partial charge >= 0.3 is 6.09 Å². The fourth-order valence-corrected chi connectivity index (χ4v) is 3.54. The number of rotatable bonds is 5. The van der Waals surface area contributed by atoms with Gasteiger partial charge in [-0.25, -0.2) is 9.48 Å². The molecule has 0 unspecified atom stereocenters. The Hall–Kier alpha value is -3.49. The maximum atomic E-state index is 11.0. The average Bonchev–Trinajstić information content (AvgIpc) is 3.28. The first-order chi connectivity index (χ1) is 14.1. The molecule has 150 valence electrons. The second-order valence-corrected chi connectivity index (χ2v) is 7.12. The molecular weight excluding hydrogens is 372 g/mol. The summed E-state index contributed by atoms with van der Waals surface area (Å²) in [4.78, 5) is 17.0. The Morgan fingerprint density at radius 2 is 2.07 bits per heavy atom. The molecule has 1 fully saturated rings. The molecule has 9 heteroatoms. The summed E-state index contributed by atoms with van der Waals surface area (Å²) < 4.78 is 7.52. The van der Waals surface area contributed by atoms with E-state index in [1.807, 2.05) is 37.4 Å². The number of hydrogen-bond acceptors (Lipinski definition) is 6. The number of carbonyl (C=O) groups is 1. The van der Waals surface area contributed by atoms with E-state index in [0.717, 1.165) is 41.1 Å². The number of aromatic nitrogens is 5. The van der Waals surface area contributed by atoms with Gasteiger partial charge in [0.05, 0.1) is 11.4 Å². The molecule has 0 saturated carbocycles. The number of piperidine rings is 1. The highest BCUT2D eigenvalue weighted by atomic mass is 16.5. The standard InChI is InChI=1S/C20H22N6O3/c1-14-10-18(26-13-22-23-24-26)4-5-19(14)29-12-17-3-2-16(11-21-17)15-6-8-25(9-7-15)20(27)28/h2-5,10-11,13,15H,6-9,12H2,1H3,(H,27,28). The molecule has 0 spiro atoms. The van der Waals surface area contributed by atoms with Crippen LogP contribution in [0.4, 0.5) is 4.79 Å². The van der Waals surface area contributed by atoms with Gasteiger partial charge in [0.15, 0.2) is 0 Å². The van der Waals surface area contributed by atoms with Gasteiger partial charge in [-0.2, -0.15) is 0 Å². The highest BCUT2D eigenvalue weighted by Crippen LogP contribution is 2.28. The van der Waals surface area contributed by atoms with Gasteiger partial charge in [-0.05, 0) is 71.5 Å². The second kappa shape index (κ2) is 8.26. The van der Waals surface area contributed by atoms with Gasteiger partial charge in [0.25, 0.3) is 0 Å². The molecule has 1 aromatic carbocycles. The minimum absolute atomic E-state index is 0.356. The van der Waals surface area contributed by atoms with Crippen LogP contribution in [-0.2, 0) is 6.61 Å². The zero-order chi connectivity index (χ0) is 20.2. The van der Waals surface area contributed by atoms with Crippen LogP contribution in [0.1, 0.15) is 35.6 Å². The Kier molecular flexibility index (Phi) is 5.37. The molecule has 9 nitrogen and oxygen atoms in total. The Morgan fingerprint density at radius 1 is 1.24 bits per heavy atom. The molecule has 0 aliphatic carbocycles.